The van der Waals surface area contributed by atoms with Crippen LogP contribution in [-0.2, 0) is 4.79 Å². The van der Waals surface area contributed by atoms with E-state index in [4.69, 9.17) is 5.11 Å². The summed E-state index contributed by atoms with van der Waals surface area (Å²) in [5, 5.41) is 9.88. The molecule has 2 aromatic rings. The third kappa shape index (κ3) is 3.68. The number of hydrogen-bond acceptors (Lipinski definition) is 3. The van der Waals surface area contributed by atoms with Gasteiger partial charge < -0.3 is 10.0 Å². The van der Waals surface area contributed by atoms with Crippen LogP contribution in [-0.4, -0.2) is 41.1 Å². The van der Waals surface area contributed by atoms with Gasteiger partial charge in [-0.1, -0.05) is 15.9 Å². The smallest absolute Gasteiger partial charge is 0.246 e. The molecule has 0 bridgehead atoms. The number of aliphatic hydroxyl groups is 1. The summed E-state index contributed by atoms with van der Waals surface area (Å²) in [6.07, 6.45) is 3.33. The number of fused-ring (bicyclic) bond motifs is 1. The lowest BCUT2D eigenvalue weighted by atomic mass is 10.0. The molecule has 4 nitrogen and oxygen atoms in total. The number of hydrogen-bond donors (Lipinski definition) is 1. The van der Waals surface area contributed by atoms with E-state index in [9.17, 15) is 4.79 Å². The zero-order chi connectivity index (χ0) is 15.4. The van der Waals surface area contributed by atoms with Gasteiger partial charge in [0.25, 0.3) is 0 Å². The third-order valence-electron chi connectivity index (χ3n) is 3.28. The maximum absolute atomic E-state index is 12.0. The Kier molecular flexibility index (Phi) is 5.09. The maximum Gasteiger partial charge on any atom is 0.246 e. The zero-order valence-corrected chi connectivity index (χ0v) is 13.6. The Morgan fingerprint density at radius 1 is 1.43 bits per heavy atom. The van der Waals surface area contributed by atoms with Crippen molar-refractivity contribution in [2.24, 2.45) is 0 Å². The average Bonchev–Trinajstić information content (AvgIpc) is 2.46. The minimum Gasteiger partial charge on any atom is -0.395 e. The van der Waals surface area contributed by atoms with Crippen LogP contribution in [0.2, 0.25) is 0 Å². The van der Waals surface area contributed by atoms with E-state index in [2.05, 4.69) is 20.9 Å². The van der Waals surface area contributed by atoms with Crippen molar-refractivity contribution in [1.29, 1.82) is 0 Å². The Morgan fingerprint density at radius 2 is 2.19 bits per heavy atom. The number of rotatable bonds is 4. The molecule has 0 aliphatic rings. The van der Waals surface area contributed by atoms with Crippen molar-refractivity contribution < 1.29 is 9.90 Å². The number of halogens is 1. The van der Waals surface area contributed by atoms with E-state index in [0.29, 0.717) is 6.54 Å². The molecule has 5 heteroatoms. The van der Waals surface area contributed by atoms with Crippen LogP contribution in [0.3, 0.4) is 0 Å². The predicted octanol–water partition coefficient (Wildman–Crippen LogP) is 2.85. The molecule has 0 fully saturated rings. The van der Waals surface area contributed by atoms with Gasteiger partial charge in [-0.3, -0.25) is 9.78 Å². The van der Waals surface area contributed by atoms with Crippen LogP contribution in [0.1, 0.15) is 12.5 Å². The standard InChI is InChI=1S/C16H17BrN2O2/c1-11(9-16(21)19(2)7-8-20)13-5-6-18-15-4-3-12(17)10-14(13)15/h3-6,9-10,20H,7-8H2,1-2H3/b11-9+. The van der Waals surface area contributed by atoms with Gasteiger partial charge in [-0.15, -0.1) is 0 Å². The Hall–Kier alpha value is -1.72. The van der Waals surface area contributed by atoms with Crippen molar-refractivity contribution in [3.63, 3.8) is 0 Å². The molecule has 110 valence electrons. The molecule has 1 aromatic heterocycles. The van der Waals surface area contributed by atoms with E-state index in [1.807, 2.05) is 31.2 Å². The molecular formula is C16H17BrN2O2. The normalized spacial score (nSPS) is 11.7. The largest absolute Gasteiger partial charge is 0.395 e. The molecule has 1 heterocycles. The number of allylic oxidation sites excluding steroid dienone is 1. The van der Waals surface area contributed by atoms with Crippen molar-refractivity contribution in [2.75, 3.05) is 20.2 Å². The molecule has 0 radical (unpaired) electrons. The van der Waals surface area contributed by atoms with Crippen LogP contribution in [0.4, 0.5) is 0 Å². The first-order valence-electron chi connectivity index (χ1n) is 6.62. The number of aliphatic hydroxyl groups excluding tert-OH is 1. The lowest BCUT2D eigenvalue weighted by Gasteiger charge is -2.14. The van der Waals surface area contributed by atoms with Gasteiger partial charge in [-0.2, -0.15) is 0 Å². The minimum atomic E-state index is -0.124. The lowest BCUT2D eigenvalue weighted by molar-refractivity contribution is -0.125. The number of pyridine rings is 1. The van der Waals surface area contributed by atoms with E-state index in [0.717, 1.165) is 26.5 Å². The van der Waals surface area contributed by atoms with Crippen molar-refractivity contribution in [2.45, 2.75) is 6.92 Å². The van der Waals surface area contributed by atoms with Crippen LogP contribution in [0, 0.1) is 0 Å². The second kappa shape index (κ2) is 6.83. The van der Waals surface area contributed by atoms with Gasteiger partial charge >= 0.3 is 0 Å². The molecule has 0 aliphatic heterocycles. The van der Waals surface area contributed by atoms with Crippen LogP contribution in [0.15, 0.2) is 41.0 Å². The molecule has 0 saturated carbocycles. The Balaban J connectivity index is 2.41. The van der Waals surface area contributed by atoms with Gasteiger partial charge in [0, 0.05) is 35.7 Å². The number of aromatic nitrogens is 1. The van der Waals surface area contributed by atoms with Crippen LogP contribution < -0.4 is 0 Å². The SMILES string of the molecule is C/C(=C\C(=O)N(C)CCO)c1ccnc2ccc(Br)cc12. The molecular weight excluding hydrogens is 332 g/mol. The highest BCUT2D eigenvalue weighted by Gasteiger charge is 2.09. The number of carbonyl (C=O) groups is 1. The maximum atomic E-state index is 12.0. The van der Waals surface area contributed by atoms with Crippen molar-refractivity contribution in [3.8, 4) is 0 Å². The molecule has 0 spiro atoms. The predicted molar refractivity (Wildman–Crippen MR) is 87.8 cm³/mol. The monoisotopic (exact) mass is 348 g/mol. The molecule has 2 rings (SSSR count). The second-order valence-electron chi connectivity index (χ2n) is 4.83. The molecule has 0 saturated heterocycles. The van der Waals surface area contributed by atoms with Gasteiger partial charge in [0.15, 0.2) is 0 Å². The summed E-state index contributed by atoms with van der Waals surface area (Å²) in [4.78, 5) is 17.9. The van der Waals surface area contributed by atoms with E-state index in [-0.39, 0.29) is 12.5 Å². The highest BCUT2D eigenvalue weighted by molar-refractivity contribution is 9.10. The van der Waals surface area contributed by atoms with E-state index in [1.165, 1.54) is 4.90 Å². The first-order chi connectivity index (χ1) is 10.0. The summed E-state index contributed by atoms with van der Waals surface area (Å²) in [6.45, 7) is 2.19. The van der Waals surface area contributed by atoms with Gasteiger partial charge in [0.2, 0.25) is 5.91 Å². The fourth-order valence-electron chi connectivity index (χ4n) is 2.10. The quantitative estimate of drug-likeness (QED) is 0.864. The third-order valence-corrected chi connectivity index (χ3v) is 3.77. The number of carbonyl (C=O) groups excluding carboxylic acids is 1. The van der Waals surface area contributed by atoms with Crippen molar-refractivity contribution >= 4 is 38.3 Å². The average molecular weight is 349 g/mol. The summed E-state index contributed by atoms with van der Waals surface area (Å²) < 4.78 is 0.973. The highest BCUT2D eigenvalue weighted by Crippen LogP contribution is 2.26. The second-order valence-corrected chi connectivity index (χ2v) is 5.75. The molecule has 1 N–H and O–H groups in total. The summed E-state index contributed by atoms with van der Waals surface area (Å²) in [5.74, 6) is -0.124. The molecule has 0 atom stereocenters. The van der Waals surface area contributed by atoms with Gasteiger partial charge in [0.1, 0.15) is 0 Å². The minimum absolute atomic E-state index is 0.0414. The van der Waals surface area contributed by atoms with Gasteiger partial charge in [0.05, 0.1) is 12.1 Å². The number of likely N-dealkylation sites (N-methyl/N-ethyl adjacent to an activating group) is 1. The lowest BCUT2D eigenvalue weighted by Crippen LogP contribution is -2.27. The first kappa shape index (κ1) is 15.7. The summed E-state index contributed by atoms with van der Waals surface area (Å²) in [6, 6.07) is 7.78. The van der Waals surface area contributed by atoms with Gasteiger partial charge in [-0.25, -0.2) is 0 Å². The Labute approximate surface area is 132 Å². The molecule has 1 aromatic carbocycles. The highest BCUT2D eigenvalue weighted by atomic mass is 79.9. The zero-order valence-electron chi connectivity index (χ0n) is 12.0. The van der Waals surface area contributed by atoms with Gasteiger partial charge in [-0.05, 0) is 42.3 Å². The Bertz CT molecular complexity index is 698. The molecule has 0 aliphatic carbocycles. The topological polar surface area (TPSA) is 53.4 Å². The fraction of sp³-hybridized carbons (Fsp3) is 0.250. The Morgan fingerprint density at radius 3 is 2.90 bits per heavy atom. The van der Waals surface area contributed by atoms with E-state index in [1.54, 1.807) is 19.3 Å². The van der Waals surface area contributed by atoms with E-state index < -0.39 is 0 Å². The summed E-state index contributed by atoms with van der Waals surface area (Å²) in [5.41, 5.74) is 2.74. The molecule has 0 unspecified atom stereocenters. The van der Waals surface area contributed by atoms with Crippen LogP contribution >= 0.6 is 15.9 Å². The van der Waals surface area contributed by atoms with Crippen molar-refractivity contribution in [1.82, 2.24) is 9.88 Å². The van der Waals surface area contributed by atoms with Crippen molar-refractivity contribution in [3.05, 3.63) is 46.6 Å². The summed E-state index contributed by atoms with van der Waals surface area (Å²) >= 11 is 3.46. The van der Waals surface area contributed by atoms with Crippen LogP contribution in [0.25, 0.3) is 16.5 Å². The van der Waals surface area contributed by atoms with E-state index >= 15 is 0 Å². The number of amides is 1. The summed E-state index contributed by atoms with van der Waals surface area (Å²) in [7, 11) is 1.67. The molecule has 21 heavy (non-hydrogen) atoms. The number of nitrogens with zero attached hydrogens (tertiary/aromatic N) is 2. The first-order valence-corrected chi connectivity index (χ1v) is 7.41. The fourth-order valence-corrected chi connectivity index (χ4v) is 2.46. The number of benzene rings is 1. The molecule has 1 amide bonds. The van der Waals surface area contributed by atoms with Crippen LogP contribution in [0.5, 0.6) is 0 Å².